The van der Waals surface area contributed by atoms with Gasteiger partial charge >= 0.3 is 11.9 Å². The molecule has 0 aliphatic carbocycles. The number of carbonyl (C=O) groups is 2. The molecule has 0 amide bonds. The summed E-state index contributed by atoms with van der Waals surface area (Å²) in [5.41, 5.74) is 0.731. The van der Waals surface area contributed by atoms with Gasteiger partial charge in [-0.15, -0.1) is 0 Å². The zero-order valence-corrected chi connectivity index (χ0v) is 18.1. The van der Waals surface area contributed by atoms with E-state index in [9.17, 15) is 9.59 Å². The zero-order chi connectivity index (χ0) is 22.2. The van der Waals surface area contributed by atoms with Crippen molar-refractivity contribution in [3.05, 3.63) is 77.9 Å². The standard InChI is InChI=1S/C27H28O4/c1-26(2)30-24(28)27(25(29)31-26,21-13-11-19-23-16-8-4-9-17-23)20-12-5-10-18-22-14-6-3-7-15-22/h3-4,6-9,11,14-17,19H,5,12-13,20-21H2,1-2H3/b19-11+. The Hall–Kier alpha value is -3.32. The number of ether oxygens (including phenoxy) is 2. The Morgan fingerprint density at radius 1 is 0.871 bits per heavy atom. The maximum atomic E-state index is 12.9. The lowest BCUT2D eigenvalue weighted by Crippen LogP contribution is -2.53. The van der Waals surface area contributed by atoms with Crippen LogP contribution in [0.5, 0.6) is 0 Å². The zero-order valence-electron chi connectivity index (χ0n) is 18.1. The minimum Gasteiger partial charge on any atom is -0.422 e. The molecule has 0 radical (unpaired) electrons. The summed E-state index contributed by atoms with van der Waals surface area (Å²) in [4.78, 5) is 25.8. The molecule has 31 heavy (non-hydrogen) atoms. The van der Waals surface area contributed by atoms with Crippen LogP contribution in [-0.4, -0.2) is 17.7 Å². The third-order valence-electron chi connectivity index (χ3n) is 5.22. The van der Waals surface area contributed by atoms with Gasteiger partial charge < -0.3 is 9.47 Å². The number of benzene rings is 2. The van der Waals surface area contributed by atoms with Gasteiger partial charge in [0.2, 0.25) is 0 Å². The Kier molecular flexibility index (Phi) is 7.31. The molecule has 4 nitrogen and oxygen atoms in total. The lowest BCUT2D eigenvalue weighted by molar-refractivity contribution is -0.252. The predicted molar refractivity (Wildman–Crippen MR) is 121 cm³/mol. The van der Waals surface area contributed by atoms with Crippen LogP contribution in [0.2, 0.25) is 0 Å². The van der Waals surface area contributed by atoms with Crippen LogP contribution in [0.1, 0.15) is 57.1 Å². The maximum Gasteiger partial charge on any atom is 0.326 e. The number of allylic oxidation sites excluding steroid dienone is 1. The van der Waals surface area contributed by atoms with Gasteiger partial charge in [0.15, 0.2) is 5.41 Å². The normalized spacial score (nSPS) is 16.8. The Labute approximate surface area is 184 Å². The van der Waals surface area contributed by atoms with Crippen molar-refractivity contribution in [1.29, 1.82) is 0 Å². The van der Waals surface area contributed by atoms with E-state index < -0.39 is 23.1 Å². The van der Waals surface area contributed by atoms with Gasteiger partial charge in [-0.05, 0) is 43.4 Å². The molecule has 0 aromatic heterocycles. The summed E-state index contributed by atoms with van der Waals surface area (Å²) in [5.74, 6) is 4.00. The first kappa shape index (κ1) is 22.4. The second kappa shape index (κ2) is 10.1. The van der Waals surface area contributed by atoms with Crippen LogP contribution in [0.3, 0.4) is 0 Å². The minimum absolute atomic E-state index is 0.343. The van der Waals surface area contributed by atoms with E-state index >= 15 is 0 Å². The molecule has 0 saturated carbocycles. The van der Waals surface area contributed by atoms with Crippen molar-refractivity contribution < 1.29 is 19.1 Å². The van der Waals surface area contributed by atoms with E-state index in [4.69, 9.17) is 9.47 Å². The van der Waals surface area contributed by atoms with Gasteiger partial charge in [-0.1, -0.05) is 72.5 Å². The van der Waals surface area contributed by atoms with E-state index in [1.165, 1.54) is 0 Å². The van der Waals surface area contributed by atoms with Gasteiger partial charge in [0, 0.05) is 25.8 Å². The number of unbranched alkanes of at least 4 members (excludes halogenated alkanes) is 1. The third-order valence-corrected chi connectivity index (χ3v) is 5.22. The Morgan fingerprint density at radius 2 is 1.48 bits per heavy atom. The van der Waals surface area contributed by atoms with Crippen molar-refractivity contribution in [3.63, 3.8) is 0 Å². The molecule has 1 saturated heterocycles. The first-order chi connectivity index (χ1) is 14.9. The molecule has 0 bridgehead atoms. The molecule has 0 atom stereocenters. The summed E-state index contributed by atoms with van der Waals surface area (Å²) in [6.07, 6.45) is 6.41. The third kappa shape index (κ3) is 6.08. The second-order valence-electron chi connectivity index (χ2n) is 8.13. The highest BCUT2D eigenvalue weighted by Crippen LogP contribution is 2.40. The second-order valence-corrected chi connectivity index (χ2v) is 8.13. The van der Waals surface area contributed by atoms with Gasteiger partial charge in [-0.25, -0.2) is 0 Å². The van der Waals surface area contributed by atoms with Crippen LogP contribution >= 0.6 is 0 Å². The Morgan fingerprint density at radius 3 is 2.13 bits per heavy atom. The van der Waals surface area contributed by atoms with Crippen LogP contribution in [0.4, 0.5) is 0 Å². The fraction of sp³-hybridized carbons (Fsp3) is 0.333. The van der Waals surface area contributed by atoms with E-state index in [1.54, 1.807) is 13.8 Å². The van der Waals surface area contributed by atoms with E-state index in [0.717, 1.165) is 11.1 Å². The fourth-order valence-electron chi connectivity index (χ4n) is 3.56. The minimum atomic E-state index is -1.29. The molecular weight excluding hydrogens is 388 g/mol. The fourth-order valence-corrected chi connectivity index (χ4v) is 3.56. The monoisotopic (exact) mass is 416 g/mol. The molecule has 1 aliphatic rings. The van der Waals surface area contributed by atoms with Crippen LogP contribution in [0.15, 0.2) is 66.7 Å². The first-order valence-electron chi connectivity index (χ1n) is 10.6. The molecular formula is C27H28O4. The van der Waals surface area contributed by atoms with Crippen molar-refractivity contribution in [2.24, 2.45) is 5.41 Å². The number of rotatable bonds is 7. The van der Waals surface area contributed by atoms with Gasteiger partial charge in [0.1, 0.15) is 0 Å². The highest BCUT2D eigenvalue weighted by molar-refractivity contribution is 6.01. The summed E-state index contributed by atoms with van der Waals surface area (Å²) in [6.45, 7) is 3.15. The summed E-state index contributed by atoms with van der Waals surface area (Å²) >= 11 is 0. The molecule has 0 unspecified atom stereocenters. The van der Waals surface area contributed by atoms with E-state index in [1.807, 2.05) is 72.8 Å². The molecule has 1 aliphatic heterocycles. The smallest absolute Gasteiger partial charge is 0.326 e. The summed E-state index contributed by atoms with van der Waals surface area (Å²) in [5, 5.41) is 0. The predicted octanol–water partition coefficient (Wildman–Crippen LogP) is 5.52. The molecule has 1 heterocycles. The van der Waals surface area contributed by atoms with Crippen LogP contribution in [0.25, 0.3) is 6.08 Å². The lowest BCUT2D eigenvalue weighted by Gasteiger charge is -2.40. The summed E-state index contributed by atoms with van der Waals surface area (Å²) in [6, 6.07) is 19.6. The number of hydrogen-bond donors (Lipinski definition) is 0. The largest absolute Gasteiger partial charge is 0.422 e. The van der Waals surface area contributed by atoms with Crippen molar-refractivity contribution in [2.75, 3.05) is 0 Å². The molecule has 3 rings (SSSR count). The molecule has 160 valence electrons. The van der Waals surface area contributed by atoms with Crippen molar-refractivity contribution in [2.45, 2.75) is 51.7 Å². The van der Waals surface area contributed by atoms with Gasteiger partial charge in [0.05, 0.1) is 0 Å². The molecule has 4 heteroatoms. The Balaban J connectivity index is 1.66. The van der Waals surface area contributed by atoms with Crippen molar-refractivity contribution >= 4 is 18.0 Å². The van der Waals surface area contributed by atoms with Crippen LogP contribution in [-0.2, 0) is 19.1 Å². The quantitative estimate of drug-likeness (QED) is 0.258. The van der Waals surface area contributed by atoms with Gasteiger partial charge in [0.25, 0.3) is 5.79 Å². The molecule has 2 aromatic carbocycles. The molecule has 0 spiro atoms. The van der Waals surface area contributed by atoms with Gasteiger partial charge in [-0.3, -0.25) is 9.59 Å². The highest BCUT2D eigenvalue weighted by atomic mass is 16.7. The average molecular weight is 417 g/mol. The van der Waals surface area contributed by atoms with E-state index in [0.29, 0.717) is 32.1 Å². The number of hydrogen-bond acceptors (Lipinski definition) is 4. The van der Waals surface area contributed by atoms with E-state index in [2.05, 4.69) is 11.8 Å². The van der Waals surface area contributed by atoms with E-state index in [-0.39, 0.29) is 0 Å². The molecule has 2 aromatic rings. The van der Waals surface area contributed by atoms with Crippen molar-refractivity contribution in [3.8, 4) is 11.8 Å². The summed E-state index contributed by atoms with van der Waals surface area (Å²) in [7, 11) is 0. The van der Waals surface area contributed by atoms with Crippen LogP contribution in [0, 0.1) is 17.3 Å². The Bertz CT molecular complexity index is 958. The van der Waals surface area contributed by atoms with Gasteiger partial charge in [-0.2, -0.15) is 0 Å². The lowest BCUT2D eigenvalue weighted by atomic mass is 9.77. The average Bonchev–Trinajstić information content (AvgIpc) is 2.75. The highest BCUT2D eigenvalue weighted by Gasteiger charge is 2.55. The maximum absolute atomic E-state index is 12.9. The SMILES string of the molecule is CC1(C)OC(=O)C(CC/C=C/c2ccccc2)(CCCC#Cc2ccccc2)C(=O)O1. The molecule has 1 fully saturated rings. The number of carbonyl (C=O) groups excluding carboxylic acids is 2. The first-order valence-corrected chi connectivity index (χ1v) is 10.6. The summed E-state index contributed by atoms with van der Waals surface area (Å²) < 4.78 is 10.9. The molecule has 0 N–H and O–H groups in total. The topological polar surface area (TPSA) is 52.6 Å². The van der Waals surface area contributed by atoms with Crippen molar-refractivity contribution in [1.82, 2.24) is 0 Å². The number of cyclic esters (lactones) is 2. The number of esters is 2. The van der Waals surface area contributed by atoms with Crippen LogP contribution < -0.4 is 0 Å².